The Bertz CT molecular complexity index is 715. The molecule has 0 atom stereocenters. The van der Waals surface area contributed by atoms with E-state index >= 15 is 0 Å². The molecule has 2 aromatic rings. The van der Waals surface area contributed by atoms with Gasteiger partial charge in [0.1, 0.15) is 11.6 Å². The molecule has 0 fully saturated rings. The second-order valence-corrected chi connectivity index (χ2v) is 6.01. The van der Waals surface area contributed by atoms with Crippen LogP contribution in [0, 0.1) is 5.82 Å². The van der Waals surface area contributed by atoms with Crippen molar-refractivity contribution in [1.82, 2.24) is 5.32 Å². The van der Waals surface area contributed by atoms with Crippen molar-refractivity contribution in [2.24, 2.45) is 0 Å². The first-order valence-electron chi connectivity index (χ1n) is 5.63. The molecule has 0 unspecified atom stereocenters. The molecule has 0 bridgehead atoms. The zero-order chi connectivity index (χ0) is 14.8. The summed E-state index contributed by atoms with van der Waals surface area (Å²) in [6.07, 6.45) is 0. The molecule has 0 radical (unpaired) electrons. The highest BCUT2D eigenvalue weighted by molar-refractivity contribution is 7.92. The minimum absolute atomic E-state index is 0.156. The molecule has 20 heavy (non-hydrogen) atoms. The lowest BCUT2D eigenvalue weighted by molar-refractivity contribution is 0.408. The van der Waals surface area contributed by atoms with Crippen molar-refractivity contribution in [3.8, 4) is 0 Å². The van der Waals surface area contributed by atoms with Crippen LogP contribution in [0.2, 0.25) is 5.02 Å². The average Bonchev–Trinajstić information content (AvgIpc) is 2.83. The quantitative estimate of drug-likeness (QED) is 0.889. The zero-order valence-electron chi connectivity index (χ0n) is 10.5. The number of anilines is 1. The molecule has 0 aliphatic rings. The Morgan fingerprint density at radius 1 is 1.30 bits per heavy atom. The summed E-state index contributed by atoms with van der Waals surface area (Å²) >= 11 is 5.59. The van der Waals surface area contributed by atoms with Crippen LogP contribution in [0.15, 0.2) is 39.8 Å². The predicted octanol–water partition coefficient (Wildman–Crippen LogP) is 2.59. The fourth-order valence-corrected chi connectivity index (χ4v) is 2.72. The third-order valence-electron chi connectivity index (χ3n) is 2.42. The molecule has 2 N–H and O–H groups in total. The molecule has 0 saturated heterocycles. The van der Waals surface area contributed by atoms with E-state index in [-0.39, 0.29) is 15.8 Å². The minimum Gasteiger partial charge on any atom is -0.446 e. The minimum atomic E-state index is -3.87. The summed E-state index contributed by atoms with van der Waals surface area (Å²) in [5, 5.41) is 2.46. The highest BCUT2D eigenvalue weighted by Gasteiger charge is 2.19. The number of rotatable bonds is 5. The van der Waals surface area contributed by atoms with E-state index < -0.39 is 15.8 Å². The van der Waals surface area contributed by atoms with Gasteiger partial charge in [-0.25, -0.2) is 4.39 Å². The van der Waals surface area contributed by atoms with Gasteiger partial charge in [-0.3, -0.25) is 4.72 Å². The third kappa shape index (κ3) is 3.30. The molecule has 1 heterocycles. The van der Waals surface area contributed by atoms with Crippen LogP contribution in [0.5, 0.6) is 0 Å². The number of sulfonamides is 1. The van der Waals surface area contributed by atoms with Gasteiger partial charge >= 0.3 is 0 Å². The van der Waals surface area contributed by atoms with Gasteiger partial charge in [0.05, 0.1) is 17.3 Å². The summed E-state index contributed by atoms with van der Waals surface area (Å²) in [5.41, 5.74) is 0.156. The monoisotopic (exact) mass is 318 g/mol. The predicted molar refractivity (Wildman–Crippen MR) is 73.7 cm³/mol. The second-order valence-electron chi connectivity index (χ2n) is 3.99. The van der Waals surface area contributed by atoms with Crippen LogP contribution < -0.4 is 10.0 Å². The Hall–Kier alpha value is -1.57. The molecular weight excluding hydrogens is 307 g/mol. The van der Waals surface area contributed by atoms with E-state index in [0.717, 1.165) is 6.07 Å². The van der Waals surface area contributed by atoms with Gasteiger partial charge in [0.25, 0.3) is 10.0 Å². The Morgan fingerprint density at radius 2 is 2.05 bits per heavy atom. The van der Waals surface area contributed by atoms with Crippen molar-refractivity contribution in [1.29, 1.82) is 0 Å². The van der Waals surface area contributed by atoms with Crippen molar-refractivity contribution >= 4 is 27.3 Å². The molecule has 5 nitrogen and oxygen atoms in total. The van der Waals surface area contributed by atoms with Crippen molar-refractivity contribution < 1.29 is 17.2 Å². The van der Waals surface area contributed by atoms with E-state index in [2.05, 4.69) is 10.0 Å². The number of benzene rings is 1. The summed E-state index contributed by atoms with van der Waals surface area (Å²) in [6.45, 7) is 0.415. The van der Waals surface area contributed by atoms with E-state index in [1.807, 2.05) is 0 Å². The highest BCUT2D eigenvalue weighted by atomic mass is 35.5. The van der Waals surface area contributed by atoms with Crippen molar-refractivity contribution in [3.05, 3.63) is 46.9 Å². The van der Waals surface area contributed by atoms with Crippen LogP contribution in [0.3, 0.4) is 0 Å². The van der Waals surface area contributed by atoms with Gasteiger partial charge in [0.2, 0.25) is 5.09 Å². The van der Waals surface area contributed by atoms with E-state index in [0.29, 0.717) is 12.3 Å². The summed E-state index contributed by atoms with van der Waals surface area (Å²) in [6, 6.07) is 6.44. The van der Waals surface area contributed by atoms with Gasteiger partial charge in [-0.1, -0.05) is 11.6 Å². The second kappa shape index (κ2) is 5.82. The van der Waals surface area contributed by atoms with Gasteiger partial charge in [0.15, 0.2) is 0 Å². The maximum Gasteiger partial charge on any atom is 0.295 e. The van der Waals surface area contributed by atoms with Crippen LogP contribution in [-0.2, 0) is 16.6 Å². The Labute approximate surface area is 120 Å². The van der Waals surface area contributed by atoms with E-state index in [9.17, 15) is 12.8 Å². The molecule has 2 rings (SSSR count). The number of nitrogens with one attached hydrogen (secondary N) is 2. The van der Waals surface area contributed by atoms with Crippen LogP contribution in [0.1, 0.15) is 5.76 Å². The lowest BCUT2D eigenvalue weighted by atomic mass is 10.3. The molecule has 8 heteroatoms. The normalized spacial score (nSPS) is 11.6. The molecular formula is C12H12ClFN2O3S. The smallest absolute Gasteiger partial charge is 0.295 e. The van der Waals surface area contributed by atoms with E-state index in [1.54, 1.807) is 13.1 Å². The van der Waals surface area contributed by atoms with Gasteiger partial charge in [-0.05, 0) is 37.4 Å². The first-order chi connectivity index (χ1) is 9.42. The van der Waals surface area contributed by atoms with Crippen molar-refractivity contribution in [2.75, 3.05) is 11.8 Å². The fraction of sp³-hybridized carbons (Fsp3) is 0.167. The summed E-state index contributed by atoms with van der Waals surface area (Å²) in [5.74, 6) is -0.131. The molecule has 0 aliphatic carbocycles. The molecule has 0 spiro atoms. The molecule has 1 aromatic heterocycles. The molecule has 0 saturated carbocycles. The van der Waals surface area contributed by atoms with E-state index in [4.69, 9.17) is 16.0 Å². The zero-order valence-corrected chi connectivity index (χ0v) is 12.1. The highest BCUT2D eigenvalue weighted by Crippen LogP contribution is 2.23. The number of hydrogen-bond donors (Lipinski definition) is 2. The van der Waals surface area contributed by atoms with Crippen molar-refractivity contribution in [3.63, 3.8) is 0 Å². The van der Waals surface area contributed by atoms with Crippen LogP contribution in [0.4, 0.5) is 10.1 Å². The van der Waals surface area contributed by atoms with Gasteiger partial charge in [-0.15, -0.1) is 0 Å². The summed E-state index contributed by atoms with van der Waals surface area (Å²) in [7, 11) is -2.15. The maximum atomic E-state index is 13.0. The fourth-order valence-electron chi connectivity index (χ4n) is 1.54. The molecule has 108 valence electrons. The average molecular weight is 319 g/mol. The molecule has 0 aliphatic heterocycles. The Balaban J connectivity index is 2.23. The molecule has 1 aromatic carbocycles. The standard InChI is InChI=1S/C12H12ClFN2O3S/c1-15-7-9-3-5-12(19-9)20(17,18)16-8-2-4-11(14)10(13)6-8/h2-6,15-16H,7H2,1H3. The Kier molecular flexibility index (Phi) is 4.32. The topological polar surface area (TPSA) is 71.3 Å². The SMILES string of the molecule is CNCc1ccc(S(=O)(=O)Nc2ccc(F)c(Cl)c2)o1. The first-order valence-corrected chi connectivity index (χ1v) is 7.49. The van der Waals surface area contributed by atoms with Crippen LogP contribution in [0.25, 0.3) is 0 Å². The van der Waals surface area contributed by atoms with Gasteiger partial charge in [0, 0.05) is 0 Å². The van der Waals surface area contributed by atoms with E-state index in [1.165, 1.54) is 18.2 Å². The summed E-state index contributed by atoms with van der Waals surface area (Å²) in [4.78, 5) is 0. The largest absolute Gasteiger partial charge is 0.446 e. The van der Waals surface area contributed by atoms with Gasteiger partial charge in [-0.2, -0.15) is 8.42 Å². The number of halogens is 2. The number of hydrogen-bond acceptors (Lipinski definition) is 4. The lowest BCUT2D eigenvalue weighted by Gasteiger charge is -2.06. The van der Waals surface area contributed by atoms with Crippen LogP contribution in [-0.4, -0.2) is 15.5 Å². The maximum absolute atomic E-state index is 13.0. The van der Waals surface area contributed by atoms with Crippen molar-refractivity contribution in [2.45, 2.75) is 11.6 Å². The first kappa shape index (κ1) is 14.8. The lowest BCUT2D eigenvalue weighted by Crippen LogP contribution is -2.12. The van der Waals surface area contributed by atoms with Crippen LogP contribution >= 0.6 is 11.6 Å². The Morgan fingerprint density at radius 3 is 2.70 bits per heavy atom. The third-order valence-corrected chi connectivity index (χ3v) is 3.97. The number of furan rings is 1. The van der Waals surface area contributed by atoms with Gasteiger partial charge < -0.3 is 9.73 Å². The summed E-state index contributed by atoms with van der Waals surface area (Å²) < 4.78 is 44.6. The molecule has 0 amide bonds.